The topological polar surface area (TPSA) is 12.0 Å². The lowest BCUT2D eigenvalue weighted by molar-refractivity contribution is 0.545. The average Bonchev–Trinajstić information content (AvgIpc) is 2.85. The van der Waals surface area contributed by atoms with Gasteiger partial charge in [0.1, 0.15) is 0 Å². The monoisotopic (exact) mass is 405 g/mol. The Morgan fingerprint density at radius 1 is 1.26 bits per heavy atom. The number of hydrogen-bond acceptors (Lipinski definition) is 2. The van der Waals surface area contributed by atoms with E-state index >= 15 is 0 Å². The van der Waals surface area contributed by atoms with Crippen molar-refractivity contribution < 1.29 is 0 Å². The van der Waals surface area contributed by atoms with Crippen LogP contribution >= 0.6 is 45.5 Å². The first kappa shape index (κ1) is 15.3. The Bertz CT molecular complexity index is 553. The lowest BCUT2D eigenvalue weighted by atomic mass is 10.1. The van der Waals surface area contributed by atoms with Gasteiger partial charge in [-0.05, 0) is 59.8 Å². The zero-order chi connectivity index (χ0) is 13.8. The summed E-state index contributed by atoms with van der Waals surface area (Å²) in [4.78, 5) is 2.63. The molecule has 0 saturated carbocycles. The van der Waals surface area contributed by atoms with Crippen LogP contribution in [0.4, 0.5) is 0 Å². The molecule has 0 bridgehead atoms. The number of thiophene rings is 1. The minimum Gasteiger partial charge on any atom is -0.310 e. The molecule has 1 heterocycles. The first-order valence-electron chi connectivity index (χ1n) is 6.44. The molecule has 0 saturated heterocycles. The van der Waals surface area contributed by atoms with Crippen molar-refractivity contribution in [1.82, 2.24) is 5.32 Å². The van der Waals surface area contributed by atoms with E-state index in [1.807, 2.05) is 17.4 Å². The third-order valence-corrected chi connectivity index (χ3v) is 5.24. The third kappa shape index (κ3) is 3.72. The van der Waals surface area contributed by atoms with Crippen LogP contribution in [0.2, 0.25) is 5.02 Å². The molecule has 1 aromatic carbocycles. The molecule has 0 amide bonds. The quantitative estimate of drug-likeness (QED) is 0.626. The van der Waals surface area contributed by atoms with Gasteiger partial charge in [0.25, 0.3) is 0 Å². The summed E-state index contributed by atoms with van der Waals surface area (Å²) in [5.41, 5.74) is 1.13. The summed E-state index contributed by atoms with van der Waals surface area (Å²) >= 11 is 10.4. The summed E-state index contributed by atoms with van der Waals surface area (Å²) in [6.07, 6.45) is 1.11. The van der Waals surface area contributed by atoms with Gasteiger partial charge in [0.05, 0.1) is 5.02 Å². The minimum absolute atomic E-state index is 0.450. The average molecular weight is 406 g/mol. The van der Waals surface area contributed by atoms with Gasteiger partial charge in [0, 0.05) is 24.9 Å². The molecule has 4 heteroatoms. The second-order valence-corrected chi connectivity index (χ2v) is 7.11. The van der Waals surface area contributed by atoms with E-state index in [2.05, 4.69) is 66.0 Å². The Balaban J connectivity index is 2.29. The first-order valence-corrected chi connectivity index (χ1v) is 8.71. The third-order valence-electron chi connectivity index (χ3n) is 3.03. The maximum Gasteiger partial charge on any atom is 0.0503 e. The van der Waals surface area contributed by atoms with Crippen molar-refractivity contribution in [2.75, 3.05) is 6.54 Å². The van der Waals surface area contributed by atoms with Gasteiger partial charge < -0.3 is 5.32 Å². The predicted molar refractivity (Wildman–Crippen MR) is 94.2 cm³/mol. The van der Waals surface area contributed by atoms with E-state index in [4.69, 9.17) is 11.6 Å². The molecule has 1 atom stereocenters. The van der Waals surface area contributed by atoms with E-state index in [1.54, 1.807) is 0 Å². The van der Waals surface area contributed by atoms with E-state index in [1.165, 1.54) is 13.3 Å². The highest BCUT2D eigenvalue weighted by Gasteiger charge is 2.13. The van der Waals surface area contributed by atoms with Crippen molar-refractivity contribution in [3.05, 3.63) is 43.8 Å². The van der Waals surface area contributed by atoms with Gasteiger partial charge in [-0.1, -0.05) is 31.5 Å². The van der Waals surface area contributed by atoms with Crippen molar-refractivity contribution in [1.29, 1.82) is 0 Å². The van der Waals surface area contributed by atoms with E-state index < -0.39 is 0 Å². The standard InChI is InChI=1S/C15H17ClINS/c1-3-13(18-4-2)15-8-7-14(19-15)11-6-5-10(17)9-12(11)16/h5-9,13,18H,3-4H2,1-2H3. The minimum atomic E-state index is 0.450. The number of halogens is 2. The number of hydrogen-bond donors (Lipinski definition) is 1. The fourth-order valence-corrected chi connectivity index (χ4v) is 4.29. The van der Waals surface area contributed by atoms with Crippen LogP contribution in [0.3, 0.4) is 0 Å². The Hall–Kier alpha value is -0.100. The molecular formula is C15H17ClINS. The van der Waals surface area contributed by atoms with Gasteiger partial charge in [-0.25, -0.2) is 0 Å². The van der Waals surface area contributed by atoms with Crippen LogP contribution in [0.15, 0.2) is 30.3 Å². The summed E-state index contributed by atoms with van der Waals surface area (Å²) in [6.45, 7) is 5.35. The number of rotatable bonds is 5. The Kier molecular flexibility index (Phi) is 5.69. The first-order chi connectivity index (χ1) is 9.15. The predicted octanol–water partition coefficient (Wildman–Crippen LogP) is 5.73. The van der Waals surface area contributed by atoms with Crippen LogP contribution in [0.5, 0.6) is 0 Å². The molecule has 1 aromatic heterocycles. The number of nitrogens with one attached hydrogen (secondary N) is 1. The second-order valence-electron chi connectivity index (χ2n) is 4.34. The molecule has 1 N–H and O–H groups in total. The van der Waals surface area contributed by atoms with E-state index in [0.717, 1.165) is 23.6 Å². The number of benzene rings is 1. The summed E-state index contributed by atoms with van der Waals surface area (Å²) in [6, 6.07) is 11.1. The molecule has 0 aliphatic heterocycles. The van der Waals surface area contributed by atoms with E-state index in [0.29, 0.717) is 6.04 Å². The molecule has 2 aromatic rings. The Morgan fingerprint density at radius 3 is 2.68 bits per heavy atom. The highest BCUT2D eigenvalue weighted by atomic mass is 127. The SMILES string of the molecule is CCNC(CC)c1ccc(-c2ccc(I)cc2Cl)s1. The van der Waals surface area contributed by atoms with Crippen LogP contribution < -0.4 is 5.32 Å². The largest absolute Gasteiger partial charge is 0.310 e. The second kappa shape index (κ2) is 7.07. The lowest BCUT2D eigenvalue weighted by Gasteiger charge is -2.13. The van der Waals surface area contributed by atoms with Crippen LogP contribution in [0.25, 0.3) is 10.4 Å². The maximum atomic E-state index is 6.33. The lowest BCUT2D eigenvalue weighted by Crippen LogP contribution is -2.18. The molecule has 102 valence electrons. The zero-order valence-corrected chi connectivity index (χ0v) is 14.8. The molecule has 1 nitrogen and oxygen atoms in total. The van der Waals surface area contributed by atoms with Crippen molar-refractivity contribution in [3.8, 4) is 10.4 Å². The van der Waals surface area contributed by atoms with Crippen LogP contribution in [0, 0.1) is 3.57 Å². The molecule has 0 radical (unpaired) electrons. The molecule has 0 spiro atoms. The smallest absolute Gasteiger partial charge is 0.0503 e. The summed E-state index contributed by atoms with van der Waals surface area (Å²) in [7, 11) is 0. The summed E-state index contributed by atoms with van der Waals surface area (Å²) < 4.78 is 1.17. The summed E-state index contributed by atoms with van der Waals surface area (Å²) in [5, 5.41) is 4.34. The molecule has 19 heavy (non-hydrogen) atoms. The van der Waals surface area contributed by atoms with Crippen molar-refractivity contribution >= 4 is 45.5 Å². The van der Waals surface area contributed by atoms with E-state index in [-0.39, 0.29) is 0 Å². The fraction of sp³-hybridized carbons (Fsp3) is 0.333. The Morgan fingerprint density at radius 2 is 2.05 bits per heavy atom. The van der Waals surface area contributed by atoms with Gasteiger partial charge in [-0.15, -0.1) is 11.3 Å². The van der Waals surface area contributed by atoms with Crippen LogP contribution in [-0.4, -0.2) is 6.54 Å². The van der Waals surface area contributed by atoms with Crippen LogP contribution in [0.1, 0.15) is 31.2 Å². The van der Waals surface area contributed by atoms with Gasteiger partial charge in [0.2, 0.25) is 0 Å². The maximum absolute atomic E-state index is 6.33. The molecule has 0 aliphatic rings. The van der Waals surface area contributed by atoms with Crippen molar-refractivity contribution in [3.63, 3.8) is 0 Å². The van der Waals surface area contributed by atoms with Crippen molar-refractivity contribution in [2.24, 2.45) is 0 Å². The van der Waals surface area contributed by atoms with Gasteiger partial charge in [-0.2, -0.15) is 0 Å². The van der Waals surface area contributed by atoms with Crippen molar-refractivity contribution in [2.45, 2.75) is 26.3 Å². The highest BCUT2D eigenvalue weighted by molar-refractivity contribution is 14.1. The molecule has 1 unspecified atom stereocenters. The van der Waals surface area contributed by atoms with Crippen LogP contribution in [-0.2, 0) is 0 Å². The van der Waals surface area contributed by atoms with E-state index in [9.17, 15) is 0 Å². The van der Waals surface area contributed by atoms with Gasteiger partial charge in [0.15, 0.2) is 0 Å². The van der Waals surface area contributed by atoms with Gasteiger partial charge >= 0.3 is 0 Å². The molecule has 2 rings (SSSR count). The molecule has 0 fully saturated rings. The molecular weight excluding hydrogens is 389 g/mol. The fourth-order valence-electron chi connectivity index (χ4n) is 2.07. The van der Waals surface area contributed by atoms with Gasteiger partial charge in [-0.3, -0.25) is 0 Å². The Labute approximate surface area is 137 Å². The molecule has 0 aliphatic carbocycles. The summed E-state index contributed by atoms with van der Waals surface area (Å²) in [5.74, 6) is 0. The zero-order valence-electron chi connectivity index (χ0n) is 11.0. The highest BCUT2D eigenvalue weighted by Crippen LogP contribution is 2.36. The normalized spacial score (nSPS) is 12.6.